The summed E-state index contributed by atoms with van der Waals surface area (Å²) in [6.45, 7) is 4.91. The second kappa shape index (κ2) is 6.96. The number of rotatable bonds is 4. The average molecular weight is 371 g/mol. The standard InChI is InChI=1S/C20H23F2N5/c1-14(15-3-4-18-19(11-15)24-8-7-23-18)26-9-5-17(6-10-26)27-13-16(12-25-27)20(2,21)22/h3-4,7-8,11-14,17H,5-6,9-10H2,1-2H3. The van der Waals surface area contributed by atoms with E-state index < -0.39 is 5.92 Å². The zero-order valence-electron chi connectivity index (χ0n) is 15.5. The molecule has 0 aliphatic carbocycles. The molecule has 1 aliphatic heterocycles. The van der Waals surface area contributed by atoms with Crippen LogP contribution in [0.5, 0.6) is 0 Å². The van der Waals surface area contributed by atoms with E-state index in [1.807, 2.05) is 6.07 Å². The van der Waals surface area contributed by atoms with Crippen molar-refractivity contribution in [1.29, 1.82) is 0 Å². The fraction of sp³-hybridized carbons (Fsp3) is 0.450. The van der Waals surface area contributed by atoms with Gasteiger partial charge in [-0.1, -0.05) is 6.07 Å². The number of hydrogen-bond donors (Lipinski definition) is 0. The summed E-state index contributed by atoms with van der Waals surface area (Å²) in [5.41, 5.74) is 3.00. The quantitative estimate of drug-likeness (QED) is 0.685. The van der Waals surface area contributed by atoms with Crippen molar-refractivity contribution >= 4 is 11.0 Å². The maximum absolute atomic E-state index is 13.4. The lowest BCUT2D eigenvalue weighted by atomic mass is 10.00. The van der Waals surface area contributed by atoms with Crippen LogP contribution in [-0.2, 0) is 5.92 Å². The number of fused-ring (bicyclic) bond motifs is 1. The topological polar surface area (TPSA) is 46.8 Å². The van der Waals surface area contributed by atoms with Crippen LogP contribution in [0, 0.1) is 0 Å². The maximum atomic E-state index is 13.4. The van der Waals surface area contributed by atoms with Gasteiger partial charge in [0.15, 0.2) is 0 Å². The Morgan fingerprint density at radius 3 is 2.48 bits per heavy atom. The molecule has 1 unspecified atom stereocenters. The Kier molecular flexibility index (Phi) is 4.63. The highest BCUT2D eigenvalue weighted by Gasteiger charge is 2.29. The first-order valence-corrected chi connectivity index (χ1v) is 9.29. The van der Waals surface area contributed by atoms with Gasteiger partial charge in [-0.2, -0.15) is 5.10 Å². The Bertz CT molecular complexity index is 925. The fourth-order valence-corrected chi connectivity index (χ4v) is 3.75. The van der Waals surface area contributed by atoms with Crippen LogP contribution >= 0.6 is 0 Å². The van der Waals surface area contributed by atoms with E-state index >= 15 is 0 Å². The fourth-order valence-electron chi connectivity index (χ4n) is 3.75. The molecule has 1 aromatic carbocycles. The Labute approximate surface area is 157 Å². The van der Waals surface area contributed by atoms with Crippen LogP contribution < -0.4 is 0 Å². The third kappa shape index (κ3) is 3.69. The van der Waals surface area contributed by atoms with Crippen molar-refractivity contribution in [2.75, 3.05) is 13.1 Å². The van der Waals surface area contributed by atoms with Gasteiger partial charge in [0.1, 0.15) is 0 Å². The number of likely N-dealkylation sites (tertiary alicyclic amines) is 1. The molecule has 3 heterocycles. The van der Waals surface area contributed by atoms with E-state index in [0.717, 1.165) is 43.9 Å². The number of nitrogens with zero attached hydrogens (tertiary/aromatic N) is 5. The highest BCUT2D eigenvalue weighted by molar-refractivity contribution is 5.74. The van der Waals surface area contributed by atoms with Gasteiger partial charge in [-0.25, -0.2) is 8.78 Å². The molecule has 1 atom stereocenters. The van der Waals surface area contributed by atoms with Crippen molar-refractivity contribution in [1.82, 2.24) is 24.6 Å². The van der Waals surface area contributed by atoms with E-state index in [1.54, 1.807) is 17.1 Å². The van der Waals surface area contributed by atoms with E-state index in [-0.39, 0.29) is 17.6 Å². The monoisotopic (exact) mass is 371 g/mol. The van der Waals surface area contributed by atoms with Crippen molar-refractivity contribution in [3.8, 4) is 0 Å². The highest BCUT2D eigenvalue weighted by Crippen LogP contribution is 2.32. The van der Waals surface area contributed by atoms with Crippen molar-refractivity contribution in [3.63, 3.8) is 0 Å². The molecule has 1 saturated heterocycles. The number of aromatic nitrogens is 4. The van der Waals surface area contributed by atoms with Crippen molar-refractivity contribution < 1.29 is 8.78 Å². The lowest BCUT2D eigenvalue weighted by Crippen LogP contribution is -2.36. The second-order valence-corrected chi connectivity index (χ2v) is 7.35. The minimum atomic E-state index is -2.84. The van der Waals surface area contributed by atoms with Gasteiger partial charge in [-0.05, 0) is 37.5 Å². The van der Waals surface area contributed by atoms with E-state index in [9.17, 15) is 8.78 Å². The molecule has 3 aromatic rings. The Hall–Kier alpha value is -2.41. The largest absolute Gasteiger partial charge is 0.296 e. The van der Waals surface area contributed by atoms with Gasteiger partial charge in [0, 0.05) is 44.6 Å². The zero-order chi connectivity index (χ0) is 19.0. The van der Waals surface area contributed by atoms with Crippen LogP contribution in [0.15, 0.2) is 43.0 Å². The minimum absolute atomic E-state index is 0.0180. The number of hydrogen-bond acceptors (Lipinski definition) is 4. The molecule has 1 fully saturated rings. The van der Waals surface area contributed by atoms with Gasteiger partial charge < -0.3 is 0 Å². The predicted molar refractivity (Wildman–Crippen MR) is 99.6 cm³/mol. The van der Waals surface area contributed by atoms with Crippen molar-refractivity contribution in [2.24, 2.45) is 0 Å². The number of piperidine rings is 1. The smallest absolute Gasteiger partial charge is 0.273 e. The molecule has 5 nitrogen and oxygen atoms in total. The summed E-state index contributed by atoms with van der Waals surface area (Å²) < 4.78 is 28.6. The molecule has 0 radical (unpaired) electrons. The third-order valence-corrected chi connectivity index (χ3v) is 5.51. The van der Waals surface area contributed by atoms with E-state index in [2.05, 4.69) is 39.0 Å². The Morgan fingerprint density at radius 2 is 1.81 bits per heavy atom. The van der Waals surface area contributed by atoms with Gasteiger partial charge in [0.25, 0.3) is 5.92 Å². The molecular formula is C20H23F2N5. The highest BCUT2D eigenvalue weighted by atomic mass is 19.3. The first-order valence-electron chi connectivity index (χ1n) is 9.29. The van der Waals surface area contributed by atoms with Crippen LogP contribution in [0.1, 0.15) is 49.9 Å². The van der Waals surface area contributed by atoms with E-state index in [1.165, 1.54) is 18.0 Å². The first-order chi connectivity index (χ1) is 12.9. The minimum Gasteiger partial charge on any atom is -0.296 e. The summed E-state index contributed by atoms with van der Waals surface area (Å²) in [7, 11) is 0. The van der Waals surface area contributed by atoms with Gasteiger partial charge >= 0.3 is 0 Å². The lowest BCUT2D eigenvalue weighted by molar-refractivity contribution is 0.0172. The number of halogens is 2. The van der Waals surface area contributed by atoms with Gasteiger partial charge in [0.05, 0.1) is 28.8 Å². The Balaban J connectivity index is 1.43. The summed E-state index contributed by atoms with van der Waals surface area (Å²) in [6.07, 6.45) is 7.98. The molecule has 0 saturated carbocycles. The molecule has 0 spiro atoms. The molecule has 2 aromatic heterocycles. The van der Waals surface area contributed by atoms with Crippen LogP contribution in [0.3, 0.4) is 0 Å². The van der Waals surface area contributed by atoms with E-state index in [0.29, 0.717) is 0 Å². The second-order valence-electron chi connectivity index (χ2n) is 7.35. The van der Waals surface area contributed by atoms with Crippen LogP contribution in [-0.4, -0.2) is 37.7 Å². The lowest BCUT2D eigenvalue weighted by Gasteiger charge is -2.36. The van der Waals surface area contributed by atoms with Gasteiger partial charge in [-0.3, -0.25) is 19.5 Å². The summed E-state index contributed by atoms with van der Waals surface area (Å²) in [4.78, 5) is 11.1. The van der Waals surface area contributed by atoms with Gasteiger partial charge in [-0.15, -0.1) is 0 Å². The molecule has 142 valence electrons. The molecule has 1 aliphatic rings. The molecular weight excluding hydrogens is 348 g/mol. The SMILES string of the molecule is CC(c1ccc2nccnc2c1)N1CCC(n2cc(C(C)(F)F)cn2)CC1. The van der Waals surface area contributed by atoms with Crippen molar-refractivity contribution in [2.45, 2.75) is 44.7 Å². The average Bonchev–Trinajstić information content (AvgIpc) is 3.18. The normalized spacial score (nSPS) is 18.1. The molecule has 0 amide bonds. The summed E-state index contributed by atoms with van der Waals surface area (Å²) >= 11 is 0. The van der Waals surface area contributed by atoms with Gasteiger partial charge in [0.2, 0.25) is 0 Å². The molecule has 7 heteroatoms. The number of alkyl halides is 2. The molecule has 4 rings (SSSR count). The molecule has 0 N–H and O–H groups in total. The van der Waals surface area contributed by atoms with Crippen LogP contribution in [0.4, 0.5) is 8.78 Å². The summed E-state index contributed by atoms with van der Waals surface area (Å²) in [6, 6.07) is 6.66. The van der Waals surface area contributed by atoms with Crippen LogP contribution in [0.25, 0.3) is 11.0 Å². The maximum Gasteiger partial charge on any atom is 0.273 e. The predicted octanol–water partition coefficient (Wildman–Crippen LogP) is 4.34. The zero-order valence-corrected chi connectivity index (χ0v) is 15.5. The molecule has 27 heavy (non-hydrogen) atoms. The van der Waals surface area contributed by atoms with Crippen LogP contribution in [0.2, 0.25) is 0 Å². The summed E-state index contributed by atoms with van der Waals surface area (Å²) in [5.74, 6) is -2.84. The summed E-state index contributed by atoms with van der Waals surface area (Å²) in [5, 5.41) is 4.17. The van der Waals surface area contributed by atoms with E-state index in [4.69, 9.17) is 0 Å². The Morgan fingerprint density at radius 1 is 1.11 bits per heavy atom. The third-order valence-electron chi connectivity index (χ3n) is 5.51. The first kappa shape index (κ1) is 18.0. The van der Waals surface area contributed by atoms with Crippen molar-refractivity contribution in [3.05, 3.63) is 54.1 Å². The molecule has 0 bridgehead atoms. The number of benzene rings is 1.